The molecule has 0 saturated carbocycles. The highest BCUT2D eigenvalue weighted by Gasteiger charge is 1.87. The van der Waals surface area contributed by atoms with Crippen molar-refractivity contribution in [3.8, 4) is 11.8 Å². The van der Waals surface area contributed by atoms with Crippen LogP contribution < -0.4 is 0 Å². The molecule has 0 saturated heterocycles. The van der Waals surface area contributed by atoms with Crippen LogP contribution in [-0.2, 0) is 9.53 Å². The molecule has 0 radical (unpaired) electrons. The van der Waals surface area contributed by atoms with Gasteiger partial charge in [0.05, 0.1) is 6.26 Å². The summed E-state index contributed by atoms with van der Waals surface area (Å²) in [5.74, 6) is 4.26. The minimum atomic E-state index is -0.549. The van der Waals surface area contributed by atoms with E-state index in [2.05, 4.69) is 23.2 Å². The van der Waals surface area contributed by atoms with Crippen LogP contribution in [0.15, 0.2) is 12.8 Å². The number of carbonyl (C=O) groups is 1. The van der Waals surface area contributed by atoms with E-state index in [0.717, 1.165) is 6.26 Å². The Morgan fingerprint density at radius 2 is 2.56 bits per heavy atom. The first-order valence-electron chi connectivity index (χ1n) is 2.61. The normalized spacial score (nSPS) is 6.78. The average Bonchev–Trinajstić information content (AvgIpc) is 1.85. The van der Waals surface area contributed by atoms with Crippen LogP contribution in [0.2, 0.25) is 0 Å². The minimum Gasteiger partial charge on any atom is -0.426 e. The van der Waals surface area contributed by atoms with E-state index in [1.54, 1.807) is 0 Å². The molecule has 0 N–H and O–H groups in total. The molecule has 0 aromatic heterocycles. The highest BCUT2D eigenvalue weighted by atomic mass is 16.5. The van der Waals surface area contributed by atoms with Crippen LogP contribution in [0.4, 0.5) is 0 Å². The highest BCUT2D eigenvalue weighted by molar-refractivity contribution is 5.88. The molecule has 0 aliphatic heterocycles. The van der Waals surface area contributed by atoms with Gasteiger partial charge in [0, 0.05) is 12.3 Å². The molecule has 0 amide bonds. The summed E-state index contributed by atoms with van der Waals surface area (Å²) in [4.78, 5) is 10.3. The molecule has 0 unspecified atom stereocenters. The smallest absolute Gasteiger partial charge is 0.389 e. The van der Waals surface area contributed by atoms with E-state index in [1.165, 1.54) is 0 Å². The Balaban J connectivity index is 3.62. The lowest BCUT2D eigenvalue weighted by Gasteiger charge is -1.83. The second-order valence-corrected chi connectivity index (χ2v) is 1.23. The van der Waals surface area contributed by atoms with Gasteiger partial charge < -0.3 is 4.74 Å². The van der Waals surface area contributed by atoms with Crippen LogP contribution in [0.5, 0.6) is 0 Å². The van der Waals surface area contributed by atoms with Crippen molar-refractivity contribution in [1.82, 2.24) is 0 Å². The summed E-state index contributed by atoms with van der Waals surface area (Å²) in [5, 5.41) is 0. The number of hydrogen-bond acceptors (Lipinski definition) is 2. The summed E-state index contributed by atoms with van der Waals surface area (Å²) in [6.07, 6.45) is 1.72. The van der Waals surface area contributed by atoms with E-state index in [-0.39, 0.29) is 0 Å². The zero-order valence-electron chi connectivity index (χ0n) is 5.31. The molecule has 2 nitrogen and oxygen atoms in total. The van der Waals surface area contributed by atoms with E-state index < -0.39 is 5.97 Å². The minimum absolute atomic E-state index is 0.549. The van der Waals surface area contributed by atoms with E-state index in [9.17, 15) is 4.79 Å². The first kappa shape index (κ1) is 7.77. The van der Waals surface area contributed by atoms with Gasteiger partial charge in [-0.3, -0.25) is 0 Å². The van der Waals surface area contributed by atoms with Crippen molar-refractivity contribution in [2.45, 2.75) is 13.3 Å². The zero-order valence-corrected chi connectivity index (χ0v) is 5.31. The number of ether oxygens (including phenoxy) is 1. The molecule has 0 aliphatic carbocycles. The topological polar surface area (TPSA) is 26.3 Å². The molecule has 48 valence electrons. The van der Waals surface area contributed by atoms with Crippen molar-refractivity contribution in [1.29, 1.82) is 0 Å². The lowest BCUT2D eigenvalue weighted by molar-refractivity contribution is -0.131. The van der Waals surface area contributed by atoms with Gasteiger partial charge in [0.25, 0.3) is 0 Å². The van der Waals surface area contributed by atoms with Gasteiger partial charge in [-0.25, -0.2) is 4.79 Å². The van der Waals surface area contributed by atoms with Gasteiger partial charge in [0.15, 0.2) is 0 Å². The molecule has 0 bridgehead atoms. The molecule has 0 aliphatic rings. The summed E-state index contributed by atoms with van der Waals surface area (Å²) >= 11 is 0. The molecule has 0 rings (SSSR count). The Labute approximate surface area is 54.5 Å². The summed E-state index contributed by atoms with van der Waals surface area (Å²) in [6, 6.07) is 0. The Bertz CT molecular complexity index is 159. The number of esters is 1. The molecule has 0 spiro atoms. The predicted molar refractivity (Wildman–Crippen MR) is 34.4 cm³/mol. The molecule has 2 heteroatoms. The summed E-state index contributed by atoms with van der Waals surface area (Å²) < 4.78 is 4.30. The SMILES string of the molecule is C=COC(=O)C#CCC. The van der Waals surface area contributed by atoms with Gasteiger partial charge in [-0.2, -0.15) is 0 Å². The van der Waals surface area contributed by atoms with Crippen molar-refractivity contribution in [3.05, 3.63) is 12.8 Å². The van der Waals surface area contributed by atoms with Gasteiger partial charge in [-0.15, -0.1) is 0 Å². The molecule has 9 heavy (non-hydrogen) atoms. The third-order valence-electron chi connectivity index (χ3n) is 0.558. The maximum Gasteiger partial charge on any atom is 0.389 e. The van der Waals surface area contributed by atoms with Crippen molar-refractivity contribution >= 4 is 5.97 Å². The first-order valence-corrected chi connectivity index (χ1v) is 2.61. The van der Waals surface area contributed by atoms with Gasteiger partial charge in [-0.05, 0) is 0 Å². The maximum atomic E-state index is 10.3. The summed E-state index contributed by atoms with van der Waals surface area (Å²) in [7, 11) is 0. The third-order valence-corrected chi connectivity index (χ3v) is 0.558. The Kier molecular flexibility index (Phi) is 4.25. The molecule has 0 aromatic rings. The van der Waals surface area contributed by atoms with E-state index in [0.29, 0.717) is 6.42 Å². The zero-order chi connectivity index (χ0) is 7.11. The molecule has 0 aromatic carbocycles. The van der Waals surface area contributed by atoms with Gasteiger partial charge >= 0.3 is 5.97 Å². The van der Waals surface area contributed by atoms with Crippen molar-refractivity contribution in [2.24, 2.45) is 0 Å². The van der Waals surface area contributed by atoms with Crippen LogP contribution >= 0.6 is 0 Å². The average molecular weight is 124 g/mol. The van der Waals surface area contributed by atoms with Crippen LogP contribution in [0.1, 0.15) is 13.3 Å². The quantitative estimate of drug-likeness (QED) is 0.226. The second kappa shape index (κ2) is 4.92. The Morgan fingerprint density at radius 3 is 3.00 bits per heavy atom. The summed E-state index contributed by atoms with van der Waals surface area (Å²) in [5.41, 5.74) is 0. The van der Waals surface area contributed by atoms with Crippen LogP contribution in [-0.4, -0.2) is 5.97 Å². The monoisotopic (exact) mass is 124 g/mol. The van der Waals surface area contributed by atoms with Crippen molar-refractivity contribution < 1.29 is 9.53 Å². The molecule has 0 fully saturated rings. The van der Waals surface area contributed by atoms with E-state index in [4.69, 9.17) is 0 Å². The van der Waals surface area contributed by atoms with E-state index in [1.807, 2.05) is 6.92 Å². The van der Waals surface area contributed by atoms with Gasteiger partial charge in [0.2, 0.25) is 0 Å². The standard InChI is InChI=1S/C7H8O2/c1-3-5-6-7(8)9-4-2/h4H,2-3H2,1H3. The van der Waals surface area contributed by atoms with Crippen molar-refractivity contribution in [3.63, 3.8) is 0 Å². The van der Waals surface area contributed by atoms with Crippen LogP contribution in [0, 0.1) is 11.8 Å². The fourth-order valence-electron chi connectivity index (χ4n) is 0.266. The van der Waals surface area contributed by atoms with Crippen molar-refractivity contribution in [2.75, 3.05) is 0 Å². The summed E-state index contributed by atoms with van der Waals surface area (Å²) in [6.45, 7) is 5.05. The third kappa shape index (κ3) is 4.63. The fourth-order valence-corrected chi connectivity index (χ4v) is 0.266. The molecule has 0 heterocycles. The number of carbonyl (C=O) groups excluding carboxylic acids is 1. The van der Waals surface area contributed by atoms with Gasteiger partial charge in [0.1, 0.15) is 0 Å². The van der Waals surface area contributed by atoms with Gasteiger partial charge in [-0.1, -0.05) is 19.4 Å². The second-order valence-electron chi connectivity index (χ2n) is 1.23. The Morgan fingerprint density at radius 1 is 1.89 bits per heavy atom. The molecular weight excluding hydrogens is 116 g/mol. The molecule has 0 atom stereocenters. The maximum absolute atomic E-state index is 10.3. The number of hydrogen-bond donors (Lipinski definition) is 0. The lowest BCUT2D eigenvalue weighted by Crippen LogP contribution is -1.92. The fraction of sp³-hybridized carbons (Fsp3) is 0.286. The largest absolute Gasteiger partial charge is 0.426 e. The highest BCUT2D eigenvalue weighted by Crippen LogP contribution is 1.75. The van der Waals surface area contributed by atoms with E-state index >= 15 is 0 Å². The number of rotatable bonds is 1. The van der Waals surface area contributed by atoms with Crippen LogP contribution in [0.3, 0.4) is 0 Å². The Hall–Kier alpha value is -1.23. The first-order chi connectivity index (χ1) is 4.31. The predicted octanol–water partition coefficient (Wildman–Crippen LogP) is 1.09. The van der Waals surface area contributed by atoms with Crippen LogP contribution in [0.25, 0.3) is 0 Å². The molecular formula is C7H8O2. The lowest BCUT2D eigenvalue weighted by atomic mass is 10.5.